The summed E-state index contributed by atoms with van der Waals surface area (Å²) in [5.41, 5.74) is 0. The highest BCUT2D eigenvalue weighted by atomic mass is 16.4. The van der Waals surface area contributed by atoms with Gasteiger partial charge in [-0.1, -0.05) is 31.6 Å². The van der Waals surface area contributed by atoms with Crippen LogP contribution in [0.1, 0.15) is 26.7 Å². The Hall–Kier alpha value is -1.17. The normalized spacial score (nSPS) is 14.4. The molecule has 100 valence electrons. The number of rotatable bonds is 6. The van der Waals surface area contributed by atoms with E-state index in [9.17, 15) is 4.79 Å². The summed E-state index contributed by atoms with van der Waals surface area (Å²) >= 11 is 0. The average Bonchev–Trinajstić information content (AvgIpc) is 2.29. The maximum absolute atomic E-state index is 9.75. The summed E-state index contributed by atoms with van der Waals surface area (Å²) in [6.45, 7) is 3.38. The second-order valence-corrected chi connectivity index (χ2v) is 3.33. The van der Waals surface area contributed by atoms with E-state index in [1.165, 1.54) is 6.08 Å². The number of hydrogen-bond acceptors (Lipinski definition) is 4. The van der Waals surface area contributed by atoms with Crippen molar-refractivity contribution in [2.75, 3.05) is 6.61 Å². The molecule has 5 heteroatoms. The fourth-order valence-corrected chi connectivity index (χ4v) is 0.859. The molecular formula is C12H22O5. The lowest BCUT2D eigenvalue weighted by molar-refractivity contribution is -0.131. The van der Waals surface area contributed by atoms with Gasteiger partial charge in [0.1, 0.15) is 6.10 Å². The van der Waals surface area contributed by atoms with Crippen molar-refractivity contribution < 1.29 is 25.2 Å². The summed E-state index contributed by atoms with van der Waals surface area (Å²) in [6, 6.07) is 0. The van der Waals surface area contributed by atoms with Crippen LogP contribution in [0.25, 0.3) is 0 Å². The van der Waals surface area contributed by atoms with Crippen molar-refractivity contribution >= 4 is 5.97 Å². The summed E-state index contributed by atoms with van der Waals surface area (Å²) in [4.78, 5) is 9.75. The predicted octanol–water partition coefficient (Wildman–Crippen LogP) is 0.704. The fourth-order valence-electron chi connectivity index (χ4n) is 0.859. The SMILES string of the molecule is C/C=C/C=C/C(=O)O.CCCC(O)C(O)CO. The van der Waals surface area contributed by atoms with Crippen molar-refractivity contribution in [2.45, 2.75) is 38.9 Å². The zero-order chi connectivity index (χ0) is 13.7. The lowest BCUT2D eigenvalue weighted by atomic mass is 10.1. The van der Waals surface area contributed by atoms with Crippen molar-refractivity contribution in [2.24, 2.45) is 0 Å². The second-order valence-electron chi connectivity index (χ2n) is 3.33. The van der Waals surface area contributed by atoms with Crippen LogP contribution >= 0.6 is 0 Å². The number of hydrogen-bond donors (Lipinski definition) is 4. The number of aliphatic carboxylic acids is 1. The smallest absolute Gasteiger partial charge is 0.328 e. The number of aliphatic hydroxyl groups excluding tert-OH is 3. The first-order chi connectivity index (χ1) is 7.99. The minimum Gasteiger partial charge on any atom is -0.478 e. The molecule has 0 aromatic rings. The maximum Gasteiger partial charge on any atom is 0.328 e. The van der Waals surface area contributed by atoms with Gasteiger partial charge in [0.05, 0.1) is 12.7 Å². The zero-order valence-electron chi connectivity index (χ0n) is 10.3. The molecule has 0 saturated carbocycles. The van der Waals surface area contributed by atoms with Crippen LogP contribution in [0.5, 0.6) is 0 Å². The average molecular weight is 246 g/mol. The molecule has 2 atom stereocenters. The summed E-state index contributed by atoms with van der Waals surface area (Å²) < 4.78 is 0. The molecule has 0 saturated heterocycles. The molecule has 2 unspecified atom stereocenters. The molecule has 0 aliphatic rings. The molecule has 0 bridgehead atoms. The van der Waals surface area contributed by atoms with Gasteiger partial charge in [-0.3, -0.25) is 0 Å². The molecular weight excluding hydrogens is 224 g/mol. The fraction of sp³-hybridized carbons (Fsp3) is 0.583. The van der Waals surface area contributed by atoms with Crippen LogP contribution in [0.15, 0.2) is 24.3 Å². The second kappa shape index (κ2) is 12.9. The highest BCUT2D eigenvalue weighted by Gasteiger charge is 2.12. The summed E-state index contributed by atoms with van der Waals surface area (Å²) in [5, 5.41) is 34.0. The van der Waals surface area contributed by atoms with Crippen molar-refractivity contribution in [3.8, 4) is 0 Å². The van der Waals surface area contributed by atoms with Gasteiger partial charge in [-0.2, -0.15) is 0 Å². The van der Waals surface area contributed by atoms with Crippen LogP contribution in [0, 0.1) is 0 Å². The van der Waals surface area contributed by atoms with Gasteiger partial charge in [0.15, 0.2) is 0 Å². The van der Waals surface area contributed by atoms with Gasteiger partial charge in [0, 0.05) is 6.08 Å². The van der Waals surface area contributed by atoms with Crippen LogP contribution in [-0.4, -0.2) is 45.2 Å². The first-order valence-corrected chi connectivity index (χ1v) is 5.48. The van der Waals surface area contributed by atoms with Gasteiger partial charge in [-0.15, -0.1) is 0 Å². The highest BCUT2D eigenvalue weighted by Crippen LogP contribution is 2.00. The lowest BCUT2D eigenvalue weighted by Crippen LogP contribution is -2.28. The van der Waals surface area contributed by atoms with E-state index in [0.29, 0.717) is 6.42 Å². The topological polar surface area (TPSA) is 98.0 Å². The van der Waals surface area contributed by atoms with E-state index in [0.717, 1.165) is 12.5 Å². The van der Waals surface area contributed by atoms with E-state index in [1.54, 1.807) is 12.2 Å². The number of allylic oxidation sites excluding steroid dienone is 3. The third-order valence-electron chi connectivity index (χ3n) is 1.76. The molecule has 0 rings (SSSR count). The first-order valence-electron chi connectivity index (χ1n) is 5.48. The van der Waals surface area contributed by atoms with Crippen LogP contribution in [-0.2, 0) is 4.79 Å². The zero-order valence-corrected chi connectivity index (χ0v) is 10.3. The largest absolute Gasteiger partial charge is 0.478 e. The molecule has 0 heterocycles. The Morgan fingerprint density at radius 1 is 1.24 bits per heavy atom. The third-order valence-corrected chi connectivity index (χ3v) is 1.76. The molecule has 0 amide bonds. The molecule has 0 radical (unpaired) electrons. The summed E-state index contributed by atoms with van der Waals surface area (Å²) in [6.07, 6.45) is 5.61. The molecule has 0 aliphatic carbocycles. The van der Waals surface area contributed by atoms with E-state index >= 15 is 0 Å². The molecule has 0 aromatic heterocycles. The molecule has 17 heavy (non-hydrogen) atoms. The van der Waals surface area contributed by atoms with Crippen molar-refractivity contribution in [3.63, 3.8) is 0 Å². The lowest BCUT2D eigenvalue weighted by Gasteiger charge is -2.13. The number of carboxylic acid groups (broad SMARTS) is 1. The summed E-state index contributed by atoms with van der Waals surface area (Å²) in [5.74, 6) is -0.914. The number of aliphatic hydroxyl groups is 3. The van der Waals surface area contributed by atoms with Crippen LogP contribution < -0.4 is 0 Å². The maximum atomic E-state index is 9.75. The molecule has 0 aromatic carbocycles. The quantitative estimate of drug-likeness (QED) is 0.408. The van der Waals surface area contributed by atoms with E-state index in [2.05, 4.69) is 0 Å². The van der Waals surface area contributed by atoms with E-state index in [-0.39, 0.29) is 6.61 Å². The van der Waals surface area contributed by atoms with E-state index in [1.807, 2.05) is 13.8 Å². The van der Waals surface area contributed by atoms with Crippen molar-refractivity contribution in [3.05, 3.63) is 24.3 Å². The van der Waals surface area contributed by atoms with Crippen molar-refractivity contribution in [1.29, 1.82) is 0 Å². The Labute approximate surface area is 102 Å². The minimum absolute atomic E-state index is 0.360. The van der Waals surface area contributed by atoms with Gasteiger partial charge < -0.3 is 20.4 Å². The van der Waals surface area contributed by atoms with E-state index in [4.69, 9.17) is 20.4 Å². The van der Waals surface area contributed by atoms with Crippen LogP contribution in [0.3, 0.4) is 0 Å². The molecule has 0 fully saturated rings. The molecule has 0 aliphatic heterocycles. The Balaban J connectivity index is 0. The Bertz CT molecular complexity index is 235. The van der Waals surface area contributed by atoms with E-state index < -0.39 is 18.2 Å². The number of carbonyl (C=O) groups is 1. The van der Waals surface area contributed by atoms with Gasteiger partial charge in [-0.05, 0) is 13.3 Å². The van der Waals surface area contributed by atoms with Gasteiger partial charge in [-0.25, -0.2) is 4.79 Å². The van der Waals surface area contributed by atoms with Crippen LogP contribution in [0.2, 0.25) is 0 Å². The van der Waals surface area contributed by atoms with Crippen LogP contribution in [0.4, 0.5) is 0 Å². The van der Waals surface area contributed by atoms with Gasteiger partial charge >= 0.3 is 5.97 Å². The Kier molecular flexibility index (Phi) is 13.8. The monoisotopic (exact) mass is 246 g/mol. The number of carboxylic acids is 1. The molecule has 5 nitrogen and oxygen atoms in total. The first kappa shape index (κ1) is 18.2. The van der Waals surface area contributed by atoms with Crippen molar-refractivity contribution in [1.82, 2.24) is 0 Å². The van der Waals surface area contributed by atoms with Gasteiger partial charge in [0.2, 0.25) is 0 Å². The Morgan fingerprint density at radius 2 is 1.82 bits per heavy atom. The third kappa shape index (κ3) is 14.8. The highest BCUT2D eigenvalue weighted by molar-refractivity contribution is 5.80. The predicted molar refractivity (Wildman–Crippen MR) is 65.6 cm³/mol. The molecule has 4 N–H and O–H groups in total. The van der Waals surface area contributed by atoms with Gasteiger partial charge in [0.25, 0.3) is 0 Å². The standard InChI is InChI=1S/C6H14O3.C6H8O2/c1-2-3-5(8)6(9)4-7;1-2-3-4-5-6(7)8/h5-9H,2-4H2,1H3;2-5H,1H3,(H,7,8)/b;3-2+,5-4+. The minimum atomic E-state index is -0.968. The molecule has 0 spiro atoms. The summed E-state index contributed by atoms with van der Waals surface area (Å²) in [7, 11) is 0. The Morgan fingerprint density at radius 3 is 2.18 bits per heavy atom.